The summed E-state index contributed by atoms with van der Waals surface area (Å²) >= 11 is 0. The Balaban J connectivity index is 2.19. The van der Waals surface area contributed by atoms with E-state index in [1.54, 1.807) is 18.2 Å². The van der Waals surface area contributed by atoms with Gasteiger partial charge in [0, 0.05) is 12.0 Å². The van der Waals surface area contributed by atoms with Gasteiger partial charge in [-0.05, 0) is 36.1 Å². The van der Waals surface area contributed by atoms with Crippen LogP contribution in [0, 0.1) is 5.92 Å². The van der Waals surface area contributed by atoms with Gasteiger partial charge in [0.1, 0.15) is 5.92 Å². The van der Waals surface area contributed by atoms with E-state index in [0.29, 0.717) is 12.0 Å². The number of carbonyl (C=O) groups excluding carboxylic acids is 2. The van der Waals surface area contributed by atoms with Gasteiger partial charge in [0.05, 0.1) is 7.11 Å². The van der Waals surface area contributed by atoms with Gasteiger partial charge in [-0.2, -0.15) is 0 Å². The zero-order chi connectivity index (χ0) is 18.4. The van der Waals surface area contributed by atoms with Crippen LogP contribution in [0.5, 0.6) is 0 Å². The molecule has 2 aromatic rings. The van der Waals surface area contributed by atoms with E-state index in [0.717, 1.165) is 16.7 Å². The smallest absolute Gasteiger partial charge is 0.316 e. The molecule has 2 rings (SSSR count). The summed E-state index contributed by atoms with van der Waals surface area (Å²) in [6, 6.07) is 14.6. The average molecular weight is 340 g/mol. The lowest BCUT2D eigenvalue weighted by Gasteiger charge is -2.10. The Morgan fingerprint density at radius 1 is 1.04 bits per heavy atom. The van der Waals surface area contributed by atoms with Crippen molar-refractivity contribution in [2.45, 2.75) is 19.8 Å². The van der Waals surface area contributed by atoms with Gasteiger partial charge in [0.25, 0.3) is 0 Å². The van der Waals surface area contributed by atoms with Gasteiger partial charge < -0.3 is 9.84 Å². The van der Waals surface area contributed by atoms with Gasteiger partial charge in [-0.1, -0.05) is 42.5 Å². The Morgan fingerprint density at radius 3 is 2.32 bits per heavy atom. The molecule has 5 heteroatoms. The highest BCUT2D eigenvalue weighted by molar-refractivity contribution is 6.08. The van der Waals surface area contributed by atoms with Crippen LogP contribution in [0.3, 0.4) is 0 Å². The zero-order valence-corrected chi connectivity index (χ0v) is 14.2. The fourth-order valence-electron chi connectivity index (χ4n) is 2.50. The average Bonchev–Trinajstić information content (AvgIpc) is 2.65. The molecule has 2 aromatic carbocycles. The standard InChI is InChI=1S/C20H20O5/c1-13(20(24)25-2)19(23)17-5-3-4-16(12-17)15-9-6-14(7-10-15)8-11-18(21)22/h3-7,9-10,12-13H,8,11H2,1-2H3,(H,21,22). The second-order valence-electron chi connectivity index (χ2n) is 5.78. The number of hydrogen-bond donors (Lipinski definition) is 1. The topological polar surface area (TPSA) is 80.7 Å². The zero-order valence-electron chi connectivity index (χ0n) is 14.2. The van der Waals surface area contributed by atoms with E-state index in [9.17, 15) is 14.4 Å². The minimum Gasteiger partial charge on any atom is -0.481 e. The van der Waals surface area contributed by atoms with Crippen LogP contribution in [0.4, 0.5) is 0 Å². The molecule has 1 N–H and O–H groups in total. The van der Waals surface area contributed by atoms with Crippen molar-refractivity contribution >= 4 is 17.7 Å². The summed E-state index contributed by atoms with van der Waals surface area (Å²) in [5.74, 6) is -2.52. The molecule has 0 radical (unpaired) electrons. The maximum absolute atomic E-state index is 12.4. The molecular weight excluding hydrogens is 320 g/mol. The summed E-state index contributed by atoms with van der Waals surface area (Å²) < 4.78 is 4.62. The van der Waals surface area contributed by atoms with Crippen LogP contribution < -0.4 is 0 Å². The molecule has 0 saturated carbocycles. The van der Waals surface area contributed by atoms with E-state index in [4.69, 9.17) is 5.11 Å². The highest BCUT2D eigenvalue weighted by Gasteiger charge is 2.23. The van der Waals surface area contributed by atoms with Gasteiger partial charge >= 0.3 is 11.9 Å². The fourth-order valence-corrected chi connectivity index (χ4v) is 2.50. The monoisotopic (exact) mass is 340 g/mol. The van der Waals surface area contributed by atoms with Crippen molar-refractivity contribution in [1.82, 2.24) is 0 Å². The summed E-state index contributed by atoms with van der Waals surface area (Å²) in [5.41, 5.74) is 3.16. The van der Waals surface area contributed by atoms with E-state index in [-0.39, 0.29) is 12.2 Å². The number of carboxylic acid groups (broad SMARTS) is 1. The summed E-state index contributed by atoms with van der Waals surface area (Å²) in [6.45, 7) is 1.53. The number of Topliss-reactive ketones (excluding diaryl/α,β-unsaturated/α-hetero) is 1. The first kappa shape index (κ1) is 18.4. The molecule has 1 unspecified atom stereocenters. The third kappa shape index (κ3) is 4.76. The lowest BCUT2D eigenvalue weighted by atomic mass is 9.95. The van der Waals surface area contributed by atoms with Gasteiger partial charge in [-0.15, -0.1) is 0 Å². The van der Waals surface area contributed by atoms with Crippen molar-refractivity contribution in [2.75, 3.05) is 7.11 Å². The van der Waals surface area contributed by atoms with Crippen molar-refractivity contribution in [2.24, 2.45) is 5.92 Å². The minimum absolute atomic E-state index is 0.0920. The molecule has 0 bridgehead atoms. The number of aryl methyl sites for hydroxylation is 1. The van der Waals surface area contributed by atoms with Crippen LogP contribution in [0.15, 0.2) is 48.5 Å². The third-order valence-electron chi connectivity index (χ3n) is 4.01. The Labute approximate surface area is 146 Å². The third-order valence-corrected chi connectivity index (χ3v) is 4.01. The number of methoxy groups -OCH3 is 1. The van der Waals surface area contributed by atoms with Crippen molar-refractivity contribution < 1.29 is 24.2 Å². The molecule has 0 aliphatic carbocycles. The molecule has 5 nitrogen and oxygen atoms in total. The predicted molar refractivity (Wildman–Crippen MR) is 93.3 cm³/mol. The first-order valence-corrected chi connectivity index (χ1v) is 7.95. The van der Waals surface area contributed by atoms with Gasteiger partial charge in [0.15, 0.2) is 5.78 Å². The molecule has 130 valence electrons. The minimum atomic E-state index is -0.848. The SMILES string of the molecule is COC(=O)C(C)C(=O)c1cccc(-c2ccc(CCC(=O)O)cc2)c1. The molecule has 1 atom stereocenters. The number of ketones is 1. The van der Waals surface area contributed by atoms with Crippen molar-refractivity contribution in [1.29, 1.82) is 0 Å². The van der Waals surface area contributed by atoms with Crippen molar-refractivity contribution in [3.8, 4) is 11.1 Å². The number of benzene rings is 2. The molecule has 0 fully saturated rings. The van der Waals surface area contributed by atoms with E-state index >= 15 is 0 Å². The molecule has 0 heterocycles. The number of carboxylic acids is 1. The predicted octanol–water partition coefficient (Wildman–Crippen LogP) is 3.36. The Hall–Kier alpha value is -2.95. The summed E-state index contributed by atoms with van der Waals surface area (Å²) in [7, 11) is 1.26. The highest BCUT2D eigenvalue weighted by Crippen LogP contribution is 2.23. The number of hydrogen-bond acceptors (Lipinski definition) is 4. The van der Waals surface area contributed by atoms with Crippen LogP contribution in [0.2, 0.25) is 0 Å². The second kappa shape index (κ2) is 8.24. The number of ether oxygens (including phenoxy) is 1. The van der Waals surface area contributed by atoms with E-state index in [1.165, 1.54) is 14.0 Å². The van der Waals surface area contributed by atoms with Gasteiger partial charge in [-0.3, -0.25) is 14.4 Å². The Kier molecular flexibility index (Phi) is 6.06. The first-order chi connectivity index (χ1) is 11.9. The number of rotatable bonds is 7. The van der Waals surface area contributed by atoms with Gasteiger partial charge in [-0.25, -0.2) is 0 Å². The summed E-state index contributed by atoms with van der Waals surface area (Å²) in [4.78, 5) is 34.5. The summed E-state index contributed by atoms with van der Waals surface area (Å²) in [5, 5.41) is 8.73. The lowest BCUT2D eigenvalue weighted by Crippen LogP contribution is -2.22. The van der Waals surface area contributed by atoms with Crippen LogP contribution in [0.1, 0.15) is 29.3 Å². The molecule has 0 saturated heterocycles. The van der Waals surface area contributed by atoms with E-state index in [2.05, 4.69) is 4.74 Å². The van der Waals surface area contributed by atoms with Crippen LogP contribution in [0.25, 0.3) is 11.1 Å². The van der Waals surface area contributed by atoms with Crippen LogP contribution in [-0.2, 0) is 20.7 Å². The van der Waals surface area contributed by atoms with Crippen molar-refractivity contribution in [3.63, 3.8) is 0 Å². The first-order valence-electron chi connectivity index (χ1n) is 7.95. The quantitative estimate of drug-likeness (QED) is 0.475. The maximum Gasteiger partial charge on any atom is 0.316 e. The second-order valence-corrected chi connectivity index (χ2v) is 5.78. The lowest BCUT2D eigenvalue weighted by molar-refractivity contribution is -0.143. The number of carbonyl (C=O) groups is 3. The van der Waals surface area contributed by atoms with E-state index < -0.39 is 17.9 Å². The maximum atomic E-state index is 12.4. The highest BCUT2D eigenvalue weighted by atomic mass is 16.5. The Bertz CT molecular complexity index is 777. The van der Waals surface area contributed by atoms with E-state index in [1.807, 2.05) is 30.3 Å². The fraction of sp³-hybridized carbons (Fsp3) is 0.250. The Morgan fingerprint density at radius 2 is 1.72 bits per heavy atom. The van der Waals surface area contributed by atoms with Crippen molar-refractivity contribution in [3.05, 3.63) is 59.7 Å². The van der Waals surface area contributed by atoms with Gasteiger partial charge in [0.2, 0.25) is 0 Å². The number of aliphatic carboxylic acids is 1. The molecule has 0 aliphatic rings. The molecule has 0 spiro atoms. The largest absolute Gasteiger partial charge is 0.481 e. The molecule has 0 amide bonds. The molecule has 0 aliphatic heterocycles. The van der Waals surface area contributed by atoms with Crippen LogP contribution in [-0.4, -0.2) is 29.9 Å². The normalized spacial score (nSPS) is 11.6. The molecular formula is C20H20O5. The summed E-state index contributed by atoms with van der Waals surface area (Å²) in [6.07, 6.45) is 0.569. The molecule has 0 aromatic heterocycles. The number of esters is 1. The molecule has 25 heavy (non-hydrogen) atoms. The van der Waals surface area contributed by atoms with Crippen LogP contribution >= 0.6 is 0 Å².